The van der Waals surface area contributed by atoms with Crippen molar-refractivity contribution in [3.63, 3.8) is 0 Å². The third-order valence-corrected chi connectivity index (χ3v) is 5.72. The number of halogens is 1. The van der Waals surface area contributed by atoms with Gasteiger partial charge in [0.1, 0.15) is 0 Å². The second-order valence-corrected chi connectivity index (χ2v) is 7.58. The van der Waals surface area contributed by atoms with Gasteiger partial charge in [-0.3, -0.25) is 9.79 Å². The highest BCUT2D eigenvalue weighted by Gasteiger charge is 2.27. The average Bonchev–Trinajstić information content (AvgIpc) is 2.66. The fourth-order valence-electron chi connectivity index (χ4n) is 4.05. The summed E-state index contributed by atoms with van der Waals surface area (Å²) in [7, 11) is 1.84. The van der Waals surface area contributed by atoms with Gasteiger partial charge in [0.2, 0.25) is 0 Å². The Hall–Kier alpha value is -0.570. The van der Waals surface area contributed by atoms with Crippen molar-refractivity contribution in [2.24, 2.45) is 10.9 Å². The number of hydrogen-bond donors (Lipinski definition) is 1. The molecule has 0 aromatic rings. The number of nitrogens with one attached hydrogen (secondary N) is 1. The molecular formula is C20H39IN4O2. The molecule has 0 aliphatic carbocycles. The van der Waals surface area contributed by atoms with E-state index in [1.807, 2.05) is 14.0 Å². The number of ether oxygens (including phenoxy) is 1. The Kier molecular flexibility index (Phi) is 12.3. The first-order chi connectivity index (χ1) is 12.7. The maximum Gasteiger partial charge on any atom is 0.309 e. The zero-order chi connectivity index (χ0) is 18.8. The van der Waals surface area contributed by atoms with Gasteiger partial charge < -0.3 is 19.9 Å². The largest absolute Gasteiger partial charge is 0.466 e. The van der Waals surface area contributed by atoms with Crippen LogP contribution in [0.2, 0.25) is 0 Å². The summed E-state index contributed by atoms with van der Waals surface area (Å²) in [5.74, 6) is 0.983. The molecule has 2 saturated heterocycles. The van der Waals surface area contributed by atoms with E-state index < -0.39 is 0 Å². The van der Waals surface area contributed by atoms with Crippen LogP contribution in [0.25, 0.3) is 0 Å². The van der Waals surface area contributed by atoms with Crippen molar-refractivity contribution in [3.05, 3.63) is 0 Å². The van der Waals surface area contributed by atoms with Crippen LogP contribution in [0.1, 0.15) is 58.8 Å². The molecule has 1 N–H and O–H groups in total. The van der Waals surface area contributed by atoms with Gasteiger partial charge in [0, 0.05) is 32.7 Å². The maximum absolute atomic E-state index is 11.9. The number of nitrogens with zero attached hydrogens (tertiary/aromatic N) is 3. The molecule has 0 aromatic heterocycles. The van der Waals surface area contributed by atoms with Crippen molar-refractivity contribution in [1.29, 1.82) is 0 Å². The molecule has 0 bridgehead atoms. The second kappa shape index (κ2) is 13.6. The summed E-state index contributed by atoms with van der Waals surface area (Å²) < 4.78 is 5.15. The van der Waals surface area contributed by atoms with E-state index in [1.54, 1.807) is 0 Å². The van der Waals surface area contributed by atoms with E-state index in [2.05, 4.69) is 27.0 Å². The number of piperidine rings is 2. The Morgan fingerprint density at radius 1 is 1.15 bits per heavy atom. The fourth-order valence-corrected chi connectivity index (χ4v) is 4.05. The number of unbranched alkanes of at least 4 members (excludes halogenated alkanes) is 1. The van der Waals surface area contributed by atoms with Gasteiger partial charge in [-0.1, -0.05) is 6.42 Å². The number of hydrogen-bond acceptors (Lipinski definition) is 4. The van der Waals surface area contributed by atoms with Crippen LogP contribution >= 0.6 is 24.0 Å². The number of likely N-dealkylation sites (tertiary alicyclic amines) is 2. The van der Waals surface area contributed by atoms with Gasteiger partial charge in [-0.05, 0) is 65.5 Å². The van der Waals surface area contributed by atoms with Crippen molar-refractivity contribution < 1.29 is 9.53 Å². The number of rotatable bonds is 7. The lowest BCUT2D eigenvalue weighted by atomic mass is 9.97. The topological polar surface area (TPSA) is 57.2 Å². The van der Waals surface area contributed by atoms with E-state index in [-0.39, 0.29) is 35.9 Å². The fraction of sp³-hybridized carbons (Fsp3) is 0.900. The van der Waals surface area contributed by atoms with Crippen molar-refractivity contribution in [3.8, 4) is 0 Å². The van der Waals surface area contributed by atoms with Crippen LogP contribution in [0.3, 0.4) is 0 Å². The number of aliphatic imine (C=N–C) groups is 1. The zero-order valence-electron chi connectivity index (χ0n) is 17.4. The van der Waals surface area contributed by atoms with Gasteiger partial charge in [-0.25, -0.2) is 0 Å². The van der Waals surface area contributed by atoms with Gasteiger partial charge in [-0.15, -0.1) is 24.0 Å². The van der Waals surface area contributed by atoms with Gasteiger partial charge >= 0.3 is 5.97 Å². The highest BCUT2D eigenvalue weighted by atomic mass is 127. The van der Waals surface area contributed by atoms with Gasteiger partial charge in [0.25, 0.3) is 0 Å². The molecule has 0 spiro atoms. The van der Waals surface area contributed by atoms with E-state index in [9.17, 15) is 4.79 Å². The van der Waals surface area contributed by atoms with Crippen molar-refractivity contribution in [1.82, 2.24) is 15.1 Å². The van der Waals surface area contributed by atoms with E-state index in [0.29, 0.717) is 6.61 Å². The van der Waals surface area contributed by atoms with Crippen molar-refractivity contribution in [2.75, 3.05) is 46.4 Å². The number of carbonyl (C=O) groups excluding carboxylic acids is 1. The molecule has 7 heteroatoms. The Bertz CT molecular complexity index is 453. The normalized spacial score (nSPS) is 22.3. The van der Waals surface area contributed by atoms with Crippen LogP contribution < -0.4 is 5.32 Å². The van der Waals surface area contributed by atoms with Crippen LogP contribution in [0.4, 0.5) is 0 Å². The molecular weight excluding hydrogens is 455 g/mol. The first-order valence-electron chi connectivity index (χ1n) is 10.5. The summed E-state index contributed by atoms with van der Waals surface area (Å²) in [4.78, 5) is 21.2. The lowest BCUT2D eigenvalue weighted by molar-refractivity contribution is -0.149. The monoisotopic (exact) mass is 494 g/mol. The third-order valence-electron chi connectivity index (χ3n) is 5.72. The summed E-state index contributed by atoms with van der Waals surface area (Å²) in [6.07, 6.45) is 8.21. The number of esters is 1. The van der Waals surface area contributed by atoms with Crippen LogP contribution in [0.5, 0.6) is 0 Å². The van der Waals surface area contributed by atoms with Gasteiger partial charge in [-0.2, -0.15) is 0 Å². The molecule has 27 heavy (non-hydrogen) atoms. The molecule has 1 atom stereocenters. The Morgan fingerprint density at radius 3 is 2.52 bits per heavy atom. The molecule has 1 unspecified atom stereocenters. The smallest absolute Gasteiger partial charge is 0.309 e. The van der Waals surface area contributed by atoms with E-state index >= 15 is 0 Å². The van der Waals surface area contributed by atoms with Gasteiger partial charge in [0.15, 0.2) is 5.96 Å². The molecule has 2 aliphatic heterocycles. The SMILES string of the molecule is CCOC(=O)C1CCN(C(=NC)NCCCCN2CCCCC2C)CC1.I. The second-order valence-electron chi connectivity index (χ2n) is 7.58. The van der Waals surface area contributed by atoms with Crippen LogP contribution in [0, 0.1) is 5.92 Å². The zero-order valence-corrected chi connectivity index (χ0v) is 19.7. The Morgan fingerprint density at radius 2 is 1.89 bits per heavy atom. The molecule has 2 aliphatic rings. The predicted molar refractivity (Wildman–Crippen MR) is 122 cm³/mol. The summed E-state index contributed by atoms with van der Waals surface area (Å²) in [5, 5.41) is 3.50. The highest BCUT2D eigenvalue weighted by molar-refractivity contribution is 14.0. The summed E-state index contributed by atoms with van der Waals surface area (Å²) in [6.45, 7) is 9.88. The molecule has 0 amide bonds. The summed E-state index contributed by atoms with van der Waals surface area (Å²) in [5.41, 5.74) is 0. The number of carbonyl (C=O) groups is 1. The predicted octanol–water partition coefficient (Wildman–Crippen LogP) is 3.11. The summed E-state index contributed by atoms with van der Waals surface area (Å²) in [6, 6.07) is 0.755. The average molecular weight is 494 g/mol. The van der Waals surface area contributed by atoms with Crippen molar-refractivity contribution >= 4 is 35.9 Å². The Balaban J connectivity index is 0.00000364. The third kappa shape index (κ3) is 8.13. The maximum atomic E-state index is 11.9. The molecule has 0 radical (unpaired) electrons. The van der Waals surface area contributed by atoms with Crippen LogP contribution in [-0.2, 0) is 9.53 Å². The standard InChI is InChI=1S/C20H38N4O2.HI/c1-4-26-19(25)18-10-15-24(16-11-18)20(21-3)22-12-6-8-14-23-13-7-5-9-17(23)2;/h17-18H,4-16H2,1-3H3,(H,21,22);1H. The molecule has 2 heterocycles. The number of guanidine groups is 1. The van der Waals surface area contributed by atoms with E-state index in [0.717, 1.165) is 44.5 Å². The van der Waals surface area contributed by atoms with Crippen LogP contribution in [-0.4, -0.2) is 74.1 Å². The minimum Gasteiger partial charge on any atom is -0.466 e. The Labute approximate surface area is 182 Å². The first-order valence-corrected chi connectivity index (χ1v) is 10.5. The van der Waals surface area contributed by atoms with Gasteiger partial charge in [0.05, 0.1) is 12.5 Å². The molecule has 6 nitrogen and oxygen atoms in total. The first kappa shape index (κ1) is 24.5. The quantitative estimate of drug-likeness (QED) is 0.194. The van der Waals surface area contributed by atoms with Crippen LogP contribution in [0.15, 0.2) is 4.99 Å². The minimum atomic E-state index is -0.0398. The molecule has 2 rings (SSSR count). The van der Waals surface area contributed by atoms with E-state index in [4.69, 9.17) is 4.74 Å². The lowest BCUT2D eigenvalue weighted by Gasteiger charge is -2.34. The van der Waals surface area contributed by atoms with E-state index in [1.165, 1.54) is 45.2 Å². The molecule has 2 fully saturated rings. The highest BCUT2D eigenvalue weighted by Crippen LogP contribution is 2.19. The minimum absolute atomic E-state index is 0. The molecule has 0 aromatic carbocycles. The lowest BCUT2D eigenvalue weighted by Crippen LogP contribution is -2.47. The molecule has 0 saturated carbocycles. The van der Waals surface area contributed by atoms with Crippen molar-refractivity contribution in [2.45, 2.75) is 64.8 Å². The molecule has 158 valence electrons. The summed E-state index contributed by atoms with van der Waals surface area (Å²) >= 11 is 0.